The maximum absolute atomic E-state index is 11.4. The Labute approximate surface area is 103 Å². The first kappa shape index (κ1) is 12.0. The van der Waals surface area contributed by atoms with Crippen molar-refractivity contribution in [2.75, 3.05) is 11.9 Å². The van der Waals surface area contributed by atoms with E-state index in [0.717, 1.165) is 5.69 Å². The van der Waals surface area contributed by atoms with Gasteiger partial charge in [-0.3, -0.25) is 9.88 Å². The minimum atomic E-state index is -0.496. The number of hydrogen-bond acceptors (Lipinski definition) is 3. The van der Waals surface area contributed by atoms with Crippen LogP contribution in [0.2, 0.25) is 0 Å². The molecule has 2 N–H and O–H groups in total. The largest absolute Gasteiger partial charge is 0.450 e. The highest BCUT2D eigenvalue weighted by atomic mass is 16.5. The van der Waals surface area contributed by atoms with Crippen molar-refractivity contribution in [2.24, 2.45) is 0 Å². The van der Waals surface area contributed by atoms with E-state index in [2.05, 4.69) is 10.3 Å². The second-order valence-electron chi connectivity index (χ2n) is 3.53. The molecule has 1 heterocycles. The summed E-state index contributed by atoms with van der Waals surface area (Å²) < 4.78 is 6.22. The number of rotatable bonds is 3. The summed E-state index contributed by atoms with van der Waals surface area (Å²) in [6.45, 7) is 2.06. The average Bonchev–Trinajstić information content (AvgIpc) is 2.77. The fourth-order valence-corrected chi connectivity index (χ4v) is 1.51. The number of anilines is 1. The highest BCUT2D eigenvalue weighted by Gasteiger charge is 2.03. The lowest BCUT2D eigenvalue weighted by atomic mass is 10.3. The van der Waals surface area contributed by atoms with Gasteiger partial charge in [-0.2, -0.15) is 0 Å². The lowest BCUT2D eigenvalue weighted by Gasteiger charge is -2.06. The van der Waals surface area contributed by atoms with Gasteiger partial charge in [-0.25, -0.2) is 9.59 Å². The SMILES string of the molecule is CCOC(=O)Nc1ccc(-n2cc[nH]c2=O)cc1. The standard InChI is InChI=1S/C12H13N3O3/c1-2-18-12(17)14-9-3-5-10(6-4-9)15-8-7-13-11(15)16/h3-8H,2H2,1H3,(H,13,16)(H,14,17). The fourth-order valence-electron chi connectivity index (χ4n) is 1.51. The van der Waals surface area contributed by atoms with Crippen LogP contribution < -0.4 is 11.0 Å². The molecular weight excluding hydrogens is 234 g/mol. The van der Waals surface area contributed by atoms with E-state index in [0.29, 0.717) is 12.3 Å². The number of aromatic amines is 1. The molecule has 0 bridgehead atoms. The van der Waals surface area contributed by atoms with E-state index in [1.807, 2.05) is 0 Å². The molecule has 6 nitrogen and oxygen atoms in total. The molecule has 1 aromatic heterocycles. The van der Waals surface area contributed by atoms with Crippen LogP contribution in [0.15, 0.2) is 41.5 Å². The van der Waals surface area contributed by atoms with Crippen LogP contribution in [-0.4, -0.2) is 22.3 Å². The fraction of sp³-hybridized carbons (Fsp3) is 0.167. The first-order chi connectivity index (χ1) is 8.70. The van der Waals surface area contributed by atoms with Crippen molar-refractivity contribution in [3.8, 4) is 5.69 Å². The molecule has 0 aliphatic heterocycles. The van der Waals surface area contributed by atoms with Gasteiger partial charge in [0.1, 0.15) is 0 Å². The Morgan fingerprint density at radius 2 is 2.11 bits per heavy atom. The molecule has 2 aromatic rings. The highest BCUT2D eigenvalue weighted by Crippen LogP contribution is 2.12. The molecule has 0 spiro atoms. The van der Waals surface area contributed by atoms with Gasteiger partial charge in [0.25, 0.3) is 0 Å². The predicted molar refractivity (Wildman–Crippen MR) is 67.0 cm³/mol. The molecule has 0 saturated heterocycles. The van der Waals surface area contributed by atoms with Crippen LogP contribution in [0.5, 0.6) is 0 Å². The Hall–Kier alpha value is -2.50. The molecule has 2 rings (SSSR count). The molecule has 6 heteroatoms. The lowest BCUT2D eigenvalue weighted by Crippen LogP contribution is -2.15. The first-order valence-electron chi connectivity index (χ1n) is 5.51. The predicted octanol–water partition coefficient (Wildman–Crippen LogP) is 1.73. The number of carbonyl (C=O) groups excluding carboxylic acids is 1. The highest BCUT2D eigenvalue weighted by molar-refractivity contribution is 5.84. The molecule has 0 fully saturated rings. The van der Waals surface area contributed by atoms with Gasteiger partial charge in [0.2, 0.25) is 0 Å². The minimum Gasteiger partial charge on any atom is -0.450 e. The summed E-state index contributed by atoms with van der Waals surface area (Å²) in [7, 11) is 0. The number of ether oxygens (including phenoxy) is 1. The third-order valence-electron chi connectivity index (χ3n) is 2.32. The average molecular weight is 247 g/mol. The van der Waals surface area contributed by atoms with Crippen molar-refractivity contribution in [3.05, 3.63) is 47.1 Å². The van der Waals surface area contributed by atoms with Crippen molar-refractivity contribution in [1.29, 1.82) is 0 Å². The summed E-state index contributed by atoms with van der Waals surface area (Å²) in [4.78, 5) is 25.1. The number of imidazole rings is 1. The quantitative estimate of drug-likeness (QED) is 0.867. The number of nitrogens with zero attached hydrogens (tertiary/aromatic N) is 1. The molecule has 0 aliphatic carbocycles. The van der Waals surface area contributed by atoms with Crippen LogP contribution in [0.3, 0.4) is 0 Å². The second-order valence-corrected chi connectivity index (χ2v) is 3.53. The van der Waals surface area contributed by atoms with Crippen LogP contribution in [0.25, 0.3) is 5.69 Å². The van der Waals surface area contributed by atoms with E-state index in [4.69, 9.17) is 4.74 Å². The summed E-state index contributed by atoms with van der Waals surface area (Å²) >= 11 is 0. The minimum absolute atomic E-state index is 0.207. The monoisotopic (exact) mass is 247 g/mol. The van der Waals surface area contributed by atoms with Crippen molar-refractivity contribution < 1.29 is 9.53 Å². The van der Waals surface area contributed by atoms with Gasteiger partial charge in [-0.15, -0.1) is 0 Å². The Morgan fingerprint density at radius 1 is 1.39 bits per heavy atom. The summed E-state index contributed by atoms with van der Waals surface area (Å²) in [5.74, 6) is 0. The zero-order valence-corrected chi connectivity index (χ0v) is 9.84. The Kier molecular flexibility index (Phi) is 3.47. The van der Waals surface area contributed by atoms with E-state index >= 15 is 0 Å². The van der Waals surface area contributed by atoms with Gasteiger partial charge in [-0.1, -0.05) is 0 Å². The van der Waals surface area contributed by atoms with E-state index in [1.165, 1.54) is 4.57 Å². The van der Waals surface area contributed by atoms with Crippen LogP contribution in [-0.2, 0) is 4.74 Å². The maximum Gasteiger partial charge on any atom is 0.411 e. The first-order valence-corrected chi connectivity index (χ1v) is 5.51. The molecule has 0 saturated carbocycles. The van der Waals surface area contributed by atoms with Crippen molar-refractivity contribution in [3.63, 3.8) is 0 Å². The van der Waals surface area contributed by atoms with Gasteiger partial charge in [-0.05, 0) is 31.2 Å². The van der Waals surface area contributed by atoms with E-state index < -0.39 is 6.09 Å². The number of H-pyrrole nitrogens is 1. The molecular formula is C12H13N3O3. The molecule has 0 aliphatic rings. The molecule has 18 heavy (non-hydrogen) atoms. The van der Waals surface area contributed by atoms with Crippen LogP contribution >= 0.6 is 0 Å². The van der Waals surface area contributed by atoms with Gasteiger partial charge in [0, 0.05) is 18.1 Å². The second kappa shape index (κ2) is 5.22. The Bertz CT molecular complexity index is 583. The van der Waals surface area contributed by atoms with Crippen LogP contribution in [0.4, 0.5) is 10.5 Å². The smallest absolute Gasteiger partial charge is 0.411 e. The van der Waals surface area contributed by atoms with E-state index in [9.17, 15) is 9.59 Å². The molecule has 0 unspecified atom stereocenters. The van der Waals surface area contributed by atoms with Gasteiger partial charge in [0.05, 0.1) is 12.3 Å². The zero-order chi connectivity index (χ0) is 13.0. The van der Waals surface area contributed by atoms with Gasteiger partial charge in [0.15, 0.2) is 0 Å². The third-order valence-corrected chi connectivity index (χ3v) is 2.32. The molecule has 94 valence electrons. The number of amides is 1. The lowest BCUT2D eigenvalue weighted by molar-refractivity contribution is 0.168. The molecule has 0 atom stereocenters. The zero-order valence-electron chi connectivity index (χ0n) is 9.84. The van der Waals surface area contributed by atoms with Crippen LogP contribution in [0.1, 0.15) is 6.92 Å². The summed E-state index contributed by atoms with van der Waals surface area (Å²) in [6.07, 6.45) is 2.70. The summed E-state index contributed by atoms with van der Waals surface area (Å²) in [5.41, 5.74) is 1.12. The molecule has 1 aromatic carbocycles. The Morgan fingerprint density at radius 3 is 2.67 bits per heavy atom. The van der Waals surface area contributed by atoms with E-state index in [1.54, 1.807) is 43.6 Å². The number of benzene rings is 1. The third kappa shape index (κ3) is 2.60. The number of nitrogens with one attached hydrogen (secondary N) is 2. The number of aromatic nitrogens is 2. The number of hydrogen-bond donors (Lipinski definition) is 2. The summed E-state index contributed by atoms with van der Waals surface area (Å²) in [5, 5.41) is 2.57. The Balaban J connectivity index is 2.13. The van der Waals surface area contributed by atoms with Crippen molar-refractivity contribution in [2.45, 2.75) is 6.92 Å². The van der Waals surface area contributed by atoms with Crippen molar-refractivity contribution >= 4 is 11.8 Å². The van der Waals surface area contributed by atoms with Gasteiger partial charge >= 0.3 is 11.8 Å². The maximum atomic E-state index is 11.4. The summed E-state index contributed by atoms with van der Waals surface area (Å²) in [6, 6.07) is 6.87. The van der Waals surface area contributed by atoms with E-state index in [-0.39, 0.29) is 5.69 Å². The normalized spacial score (nSPS) is 10.1. The topological polar surface area (TPSA) is 76.1 Å². The van der Waals surface area contributed by atoms with Gasteiger partial charge < -0.3 is 9.72 Å². The van der Waals surface area contributed by atoms with Crippen LogP contribution in [0, 0.1) is 0 Å². The van der Waals surface area contributed by atoms with Crippen molar-refractivity contribution in [1.82, 2.24) is 9.55 Å². The molecule has 1 amide bonds. The molecule has 0 radical (unpaired) electrons. The number of carbonyl (C=O) groups is 1.